The number of fused-ring (bicyclic) bond motifs is 1. The predicted octanol–water partition coefficient (Wildman–Crippen LogP) is 5.20. The molecule has 1 saturated carbocycles. The lowest BCUT2D eigenvalue weighted by atomic mass is 9.83. The summed E-state index contributed by atoms with van der Waals surface area (Å²) in [6.07, 6.45) is 2.69. The summed E-state index contributed by atoms with van der Waals surface area (Å²) in [5, 5.41) is -0.173. The van der Waals surface area contributed by atoms with Crippen molar-refractivity contribution in [2.24, 2.45) is 11.8 Å². The molecule has 0 unspecified atom stereocenters. The number of hydrogen-bond acceptors (Lipinski definition) is 5. The van der Waals surface area contributed by atoms with Gasteiger partial charge in [-0.25, -0.2) is 4.98 Å². The number of thiazole rings is 1. The number of hydrogen-bond donors (Lipinski definition) is 0. The van der Waals surface area contributed by atoms with Gasteiger partial charge in [0.05, 0.1) is 22.9 Å². The summed E-state index contributed by atoms with van der Waals surface area (Å²) in [5.41, 5.74) is 0.570. The Morgan fingerprint density at radius 2 is 2.15 bits per heavy atom. The van der Waals surface area contributed by atoms with Crippen LogP contribution in [0.15, 0.2) is 18.2 Å². The number of halogens is 2. The number of nitrogens with zero attached hydrogens (tertiary/aromatic N) is 1. The fraction of sp³-hybridized carbons (Fsp3) is 0.600. The van der Waals surface area contributed by atoms with E-state index < -0.39 is 5.92 Å². The number of carbonyl (C=O) groups excluding carboxylic acids is 1. The van der Waals surface area contributed by atoms with Gasteiger partial charge in [0.15, 0.2) is 5.01 Å². The van der Waals surface area contributed by atoms with Crippen molar-refractivity contribution in [1.29, 1.82) is 0 Å². The number of alkyl halides is 2. The maximum atomic E-state index is 13.4. The van der Waals surface area contributed by atoms with Crippen LogP contribution in [0.4, 0.5) is 8.78 Å². The normalized spacial score (nSPS) is 21.1. The first kappa shape index (κ1) is 20.1. The topological polar surface area (TPSA) is 48.4 Å². The maximum absolute atomic E-state index is 13.4. The molecule has 0 N–H and O–H groups in total. The second-order valence-corrected chi connectivity index (χ2v) is 8.68. The minimum Gasteiger partial charge on any atom is -0.493 e. The van der Waals surface area contributed by atoms with Gasteiger partial charge in [0.2, 0.25) is 0 Å². The molecular formula is C20H25F2NO3S. The largest absolute Gasteiger partial charge is 0.493 e. The van der Waals surface area contributed by atoms with Crippen molar-refractivity contribution in [3.63, 3.8) is 0 Å². The summed E-state index contributed by atoms with van der Waals surface area (Å²) < 4.78 is 39.2. The molecule has 1 atom stereocenters. The Balaban J connectivity index is 1.43. The van der Waals surface area contributed by atoms with Gasteiger partial charge in [0.25, 0.3) is 5.92 Å². The molecule has 0 aliphatic heterocycles. The zero-order valence-electron chi connectivity index (χ0n) is 15.8. The Bertz CT molecular complexity index is 796. The minimum absolute atomic E-state index is 0.173. The minimum atomic E-state index is -2.92. The highest BCUT2D eigenvalue weighted by molar-refractivity contribution is 7.18. The van der Waals surface area contributed by atoms with Crippen LogP contribution in [0.2, 0.25) is 0 Å². The standard InChI is InChI=1S/C20H25F2NO3S/c1-12(6-13(2)24)10-25-16-7-14(8-16)11-26-15-4-5-17-18(9-15)27-19(23-17)20(3,21)22/h4-5,9,12,14,16H,6-8,10-11H2,1-3H3/t12-,14?,16?/m1/s1. The van der Waals surface area contributed by atoms with Crippen LogP contribution in [0.1, 0.15) is 45.0 Å². The van der Waals surface area contributed by atoms with E-state index in [2.05, 4.69) is 4.98 Å². The lowest BCUT2D eigenvalue weighted by Gasteiger charge is -2.35. The SMILES string of the molecule is CC(=O)C[C@@H](C)COC1CC(COc2ccc3nc(C(C)(F)F)sc3c2)C1. The molecule has 2 aromatic rings. The van der Waals surface area contributed by atoms with Crippen LogP contribution >= 0.6 is 11.3 Å². The Hall–Kier alpha value is -1.60. The van der Waals surface area contributed by atoms with E-state index in [0.717, 1.165) is 31.1 Å². The smallest absolute Gasteiger partial charge is 0.296 e. The van der Waals surface area contributed by atoms with Gasteiger partial charge in [-0.15, -0.1) is 11.3 Å². The highest BCUT2D eigenvalue weighted by atomic mass is 32.1. The zero-order chi connectivity index (χ0) is 19.6. The molecule has 1 heterocycles. The van der Waals surface area contributed by atoms with E-state index >= 15 is 0 Å². The molecule has 3 rings (SSSR count). The van der Waals surface area contributed by atoms with Gasteiger partial charge in [-0.3, -0.25) is 0 Å². The number of rotatable bonds is 9. The van der Waals surface area contributed by atoms with Gasteiger partial charge < -0.3 is 14.3 Å². The van der Waals surface area contributed by atoms with Crippen molar-refractivity contribution >= 4 is 27.3 Å². The summed E-state index contributed by atoms with van der Waals surface area (Å²) in [7, 11) is 0. The van der Waals surface area contributed by atoms with Crippen LogP contribution in [0, 0.1) is 11.8 Å². The molecule has 1 aromatic carbocycles. The summed E-state index contributed by atoms with van der Waals surface area (Å²) in [5.74, 6) is -1.36. The van der Waals surface area contributed by atoms with Gasteiger partial charge in [-0.1, -0.05) is 6.92 Å². The molecule has 1 fully saturated rings. The second kappa shape index (κ2) is 8.19. The van der Waals surface area contributed by atoms with Gasteiger partial charge in [-0.05, 0) is 49.8 Å². The highest BCUT2D eigenvalue weighted by Crippen LogP contribution is 2.36. The van der Waals surface area contributed by atoms with Crippen molar-refractivity contribution in [3.05, 3.63) is 23.2 Å². The molecule has 0 bridgehead atoms. The number of ketones is 1. The van der Waals surface area contributed by atoms with E-state index in [-0.39, 0.29) is 22.8 Å². The first-order chi connectivity index (χ1) is 12.7. The molecule has 0 radical (unpaired) electrons. The zero-order valence-corrected chi connectivity index (χ0v) is 16.7. The van der Waals surface area contributed by atoms with Crippen molar-refractivity contribution in [1.82, 2.24) is 4.98 Å². The van der Waals surface area contributed by atoms with Crippen LogP contribution in [-0.4, -0.2) is 30.1 Å². The molecule has 1 aromatic heterocycles. The summed E-state index contributed by atoms with van der Waals surface area (Å²) >= 11 is 1.00. The van der Waals surface area contributed by atoms with E-state index in [1.165, 1.54) is 0 Å². The average Bonchev–Trinajstić information content (AvgIpc) is 2.95. The van der Waals surface area contributed by atoms with Gasteiger partial charge in [0, 0.05) is 20.0 Å². The number of ether oxygens (including phenoxy) is 2. The third kappa shape index (κ3) is 5.45. The van der Waals surface area contributed by atoms with E-state index in [1.54, 1.807) is 25.1 Å². The lowest BCUT2D eigenvalue weighted by Crippen LogP contribution is -2.36. The molecule has 27 heavy (non-hydrogen) atoms. The van der Waals surface area contributed by atoms with Crippen molar-refractivity contribution in [2.45, 2.75) is 52.1 Å². The van der Waals surface area contributed by atoms with E-state index in [4.69, 9.17) is 9.47 Å². The van der Waals surface area contributed by atoms with Crippen LogP contribution in [0.3, 0.4) is 0 Å². The van der Waals surface area contributed by atoms with Crippen molar-refractivity contribution in [3.8, 4) is 5.75 Å². The average molecular weight is 397 g/mol. The van der Waals surface area contributed by atoms with E-state index in [9.17, 15) is 13.6 Å². The monoisotopic (exact) mass is 397 g/mol. The number of carbonyl (C=O) groups is 1. The quantitative estimate of drug-likeness (QED) is 0.584. The summed E-state index contributed by atoms with van der Waals surface area (Å²) in [6.45, 7) is 5.69. The number of Topliss-reactive ketones (excluding diaryl/α,β-unsaturated/α-hetero) is 1. The number of aromatic nitrogens is 1. The molecule has 4 nitrogen and oxygen atoms in total. The Labute approximate surface area is 161 Å². The van der Waals surface area contributed by atoms with Crippen LogP contribution in [0.25, 0.3) is 10.2 Å². The molecule has 0 saturated heterocycles. The van der Waals surface area contributed by atoms with Crippen molar-refractivity contribution in [2.75, 3.05) is 13.2 Å². The molecule has 148 valence electrons. The lowest BCUT2D eigenvalue weighted by molar-refractivity contribution is -0.119. The van der Waals surface area contributed by atoms with Gasteiger partial charge >= 0.3 is 0 Å². The third-order valence-corrected chi connectivity index (χ3v) is 5.86. The van der Waals surface area contributed by atoms with Crippen LogP contribution in [-0.2, 0) is 15.5 Å². The maximum Gasteiger partial charge on any atom is 0.296 e. The first-order valence-corrected chi connectivity index (χ1v) is 10.0. The fourth-order valence-corrected chi connectivity index (χ4v) is 4.12. The molecule has 0 spiro atoms. The second-order valence-electron chi connectivity index (χ2n) is 7.65. The molecule has 7 heteroatoms. The highest BCUT2D eigenvalue weighted by Gasteiger charge is 2.31. The Morgan fingerprint density at radius 1 is 1.41 bits per heavy atom. The van der Waals surface area contributed by atoms with Crippen LogP contribution in [0.5, 0.6) is 5.75 Å². The Morgan fingerprint density at radius 3 is 2.81 bits per heavy atom. The molecule has 0 amide bonds. The van der Waals surface area contributed by atoms with Gasteiger partial charge in [0.1, 0.15) is 11.5 Å². The van der Waals surface area contributed by atoms with Gasteiger partial charge in [-0.2, -0.15) is 8.78 Å². The third-order valence-electron chi connectivity index (χ3n) is 4.67. The number of benzene rings is 1. The predicted molar refractivity (Wildman–Crippen MR) is 102 cm³/mol. The van der Waals surface area contributed by atoms with Crippen LogP contribution < -0.4 is 4.74 Å². The van der Waals surface area contributed by atoms with E-state index in [0.29, 0.717) is 41.5 Å². The molecule has 1 aliphatic rings. The van der Waals surface area contributed by atoms with E-state index in [1.807, 2.05) is 6.92 Å². The fourth-order valence-electron chi connectivity index (χ4n) is 3.19. The Kier molecular flexibility index (Phi) is 6.11. The van der Waals surface area contributed by atoms with Crippen molar-refractivity contribution < 1.29 is 23.0 Å². The first-order valence-electron chi connectivity index (χ1n) is 9.23. The molecular weight excluding hydrogens is 372 g/mol. The summed E-state index contributed by atoms with van der Waals surface area (Å²) in [6, 6.07) is 5.27. The molecule has 1 aliphatic carbocycles. The summed E-state index contributed by atoms with van der Waals surface area (Å²) in [4.78, 5) is 15.1.